The number of nitrogens with zero attached hydrogens (tertiary/aromatic N) is 3. The lowest BCUT2D eigenvalue weighted by Crippen LogP contribution is -2.15. The molecule has 0 aromatic heterocycles. The number of nitro benzene ring substituents is 2. The lowest BCUT2D eigenvalue weighted by atomic mass is 10.2. The van der Waals surface area contributed by atoms with E-state index in [-0.39, 0.29) is 17.1 Å². The fraction of sp³-hybridized carbons (Fsp3) is 0.0455. The number of para-hydroxylation sites is 1. The monoisotopic (exact) mass is 497 g/mol. The van der Waals surface area contributed by atoms with Crippen LogP contribution in [0.25, 0.3) is 6.08 Å². The van der Waals surface area contributed by atoms with Gasteiger partial charge in [0.2, 0.25) is 0 Å². The van der Waals surface area contributed by atoms with Crippen LogP contribution < -0.4 is 14.9 Å². The van der Waals surface area contributed by atoms with E-state index in [4.69, 9.17) is 4.74 Å². The number of rotatable bonds is 10. The molecule has 0 aliphatic carbocycles. The number of benzene rings is 3. The van der Waals surface area contributed by atoms with Crippen LogP contribution in [0.5, 0.6) is 5.75 Å². The Bertz CT molecular complexity index is 1400. The molecule has 12 nitrogen and oxygen atoms in total. The third-order valence-corrected chi connectivity index (χ3v) is 5.98. The second-order valence-corrected chi connectivity index (χ2v) is 8.49. The minimum Gasteiger partial charge on any atom is -0.497 e. The molecule has 0 bridgehead atoms. The average molecular weight is 497 g/mol. The zero-order valence-corrected chi connectivity index (χ0v) is 19.0. The maximum atomic E-state index is 13.0. The molecule has 3 rings (SSSR count). The highest BCUT2D eigenvalue weighted by atomic mass is 32.2. The molecule has 0 aliphatic heterocycles. The third-order valence-electron chi connectivity index (χ3n) is 4.56. The van der Waals surface area contributed by atoms with Gasteiger partial charge in [0.25, 0.3) is 21.4 Å². The lowest BCUT2D eigenvalue weighted by Gasteiger charge is -2.12. The van der Waals surface area contributed by atoms with Crippen molar-refractivity contribution in [1.82, 2.24) is 0 Å². The molecule has 0 radical (unpaired) electrons. The summed E-state index contributed by atoms with van der Waals surface area (Å²) in [5, 5.41) is 26.2. The summed E-state index contributed by atoms with van der Waals surface area (Å²) in [6, 6.07) is 15.4. The van der Waals surface area contributed by atoms with E-state index in [0.717, 1.165) is 12.1 Å². The van der Waals surface area contributed by atoms with Gasteiger partial charge in [-0.1, -0.05) is 12.1 Å². The summed E-state index contributed by atoms with van der Waals surface area (Å²) in [6.07, 6.45) is 4.14. The van der Waals surface area contributed by atoms with Gasteiger partial charge in [0.15, 0.2) is 0 Å². The summed E-state index contributed by atoms with van der Waals surface area (Å²) in [5.41, 5.74) is 2.58. The summed E-state index contributed by atoms with van der Waals surface area (Å²) in [5.74, 6) is 0.522. The standard InChI is InChI=1S/C22H19N5O7S/c1-34-19-11-8-17(9-12-19)25-35(32,33)22-15-18(26(28)29)10-13-20(22)24-23-14-4-6-16-5-2-3-7-21(16)27(30)31/h2-15,24-25H,1H3. The highest BCUT2D eigenvalue weighted by Gasteiger charge is 2.22. The minimum atomic E-state index is -4.25. The molecule has 180 valence electrons. The number of nitro groups is 2. The predicted molar refractivity (Wildman–Crippen MR) is 131 cm³/mol. The molecule has 3 aromatic rings. The molecule has 0 atom stereocenters. The maximum Gasteiger partial charge on any atom is 0.276 e. The first-order valence-electron chi connectivity index (χ1n) is 9.86. The van der Waals surface area contributed by atoms with Gasteiger partial charge in [0.1, 0.15) is 10.6 Å². The number of sulfonamides is 1. The fourth-order valence-electron chi connectivity index (χ4n) is 2.90. The molecule has 2 N–H and O–H groups in total. The maximum absolute atomic E-state index is 13.0. The van der Waals surface area contributed by atoms with Gasteiger partial charge in [0, 0.05) is 30.1 Å². The number of hydrazone groups is 1. The number of ether oxygens (including phenoxy) is 1. The Morgan fingerprint density at radius 1 is 0.971 bits per heavy atom. The van der Waals surface area contributed by atoms with Crippen LogP contribution >= 0.6 is 0 Å². The molecule has 35 heavy (non-hydrogen) atoms. The van der Waals surface area contributed by atoms with Crippen molar-refractivity contribution in [2.75, 3.05) is 17.3 Å². The first-order chi connectivity index (χ1) is 16.7. The largest absolute Gasteiger partial charge is 0.497 e. The average Bonchev–Trinajstić information content (AvgIpc) is 2.84. The summed E-state index contributed by atoms with van der Waals surface area (Å²) >= 11 is 0. The van der Waals surface area contributed by atoms with E-state index in [1.807, 2.05) is 0 Å². The van der Waals surface area contributed by atoms with E-state index >= 15 is 0 Å². The van der Waals surface area contributed by atoms with Crippen LogP contribution in [-0.2, 0) is 10.0 Å². The highest BCUT2D eigenvalue weighted by Crippen LogP contribution is 2.29. The Morgan fingerprint density at radius 2 is 1.69 bits per heavy atom. The van der Waals surface area contributed by atoms with Gasteiger partial charge in [-0.3, -0.25) is 30.4 Å². The molecular formula is C22H19N5O7S. The number of nitrogens with one attached hydrogen (secondary N) is 2. The van der Waals surface area contributed by atoms with E-state index < -0.39 is 30.5 Å². The van der Waals surface area contributed by atoms with Crippen LogP contribution in [0.1, 0.15) is 5.56 Å². The Morgan fingerprint density at radius 3 is 2.34 bits per heavy atom. The zero-order chi connectivity index (χ0) is 25.4. The van der Waals surface area contributed by atoms with Crippen molar-refractivity contribution in [3.63, 3.8) is 0 Å². The molecule has 3 aromatic carbocycles. The van der Waals surface area contributed by atoms with Gasteiger partial charge >= 0.3 is 0 Å². The van der Waals surface area contributed by atoms with Crippen LogP contribution in [0.2, 0.25) is 0 Å². The van der Waals surface area contributed by atoms with Crippen molar-refractivity contribution in [2.45, 2.75) is 4.90 Å². The van der Waals surface area contributed by atoms with E-state index in [2.05, 4.69) is 15.2 Å². The number of allylic oxidation sites excluding steroid dienone is 1. The Kier molecular flexibility index (Phi) is 7.74. The lowest BCUT2D eigenvalue weighted by molar-refractivity contribution is -0.385. The molecule has 0 saturated carbocycles. The number of methoxy groups -OCH3 is 1. The SMILES string of the molecule is COc1ccc(NS(=O)(=O)c2cc([N+](=O)[O-])ccc2NN=CC=Cc2ccccc2[N+](=O)[O-])cc1. The Balaban J connectivity index is 1.84. The van der Waals surface area contributed by atoms with Crippen molar-refractivity contribution < 1.29 is 23.0 Å². The molecule has 0 spiro atoms. The topological polar surface area (TPSA) is 166 Å². The van der Waals surface area contributed by atoms with Crippen molar-refractivity contribution in [3.8, 4) is 5.75 Å². The molecule has 13 heteroatoms. The molecule has 0 fully saturated rings. The molecule has 0 amide bonds. The quantitative estimate of drug-likeness (QED) is 0.236. The van der Waals surface area contributed by atoms with Gasteiger partial charge in [-0.25, -0.2) is 8.42 Å². The second-order valence-electron chi connectivity index (χ2n) is 6.84. The van der Waals surface area contributed by atoms with Gasteiger partial charge in [0.05, 0.1) is 28.2 Å². The number of hydrogen-bond donors (Lipinski definition) is 2. The van der Waals surface area contributed by atoms with Gasteiger partial charge < -0.3 is 4.74 Å². The van der Waals surface area contributed by atoms with Crippen LogP contribution in [0, 0.1) is 20.2 Å². The van der Waals surface area contributed by atoms with Crippen molar-refractivity contribution in [2.24, 2.45) is 5.10 Å². The first kappa shape index (κ1) is 24.9. The number of non-ortho nitro benzene ring substituents is 1. The van der Waals surface area contributed by atoms with Gasteiger partial charge in [-0.2, -0.15) is 5.10 Å². The molecular weight excluding hydrogens is 478 g/mol. The molecule has 0 heterocycles. The fourth-order valence-corrected chi connectivity index (χ4v) is 4.14. The number of anilines is 2. The van der Waals surface area contributed by atoms with E-state index in [1.54, 1.807) is 30.3 Å². The van der Waals surface area contributed by atoms with E-state index in [1.165, 1.54) is 49.7 Å². The van der Waals surface area contributed by atoms with Crippen LogP contribution in [-0.4, -0.2) is 31.6 Å². The normalized spacial score (nSPS) is 11.5. The van der Waals surface area contributed by atoms with Crippen molar-refractivity contribution >= 4 is 45.1 Å². The molecule has 0 saturated heterocycles. The smallest absolute Gasteiger partial charge is 0.276 e. The van der Waals surface area contributed by atoms with Crippen molar-refractivity contribution in [3.05, 3.63) is 98.6 Å². The van der Waals surface area contributed by atoms with E-state index in [0.29, 0.717) is 11.3 Å². The summed E-state index contributed by atoms with van der Waals surface area (Å²) in [7, 11) is -2.78. The van der Waals surface area contributed by atoms with Gasteiger partial charge in [-0.15, -0.1) is 0 Å². The van der Waals surface area contributed by atoms with Crippen molar-refractivity contribution in [1.29, 1.82) is 0 Å². The molecule has 0 unspecified atom stereocenters. The summed E-state index contributed by atoms with van der Waals surface area (Å²) < 4.78 is 33.4. The van der Waals surface area contributed by atoms with Gasteiger partial charge in [-0.05, 0) is 48.6 Å². The minimum absolute atomic E-state index is 0.0213. The second kappa shape index (κ2) is 10.9. The molecule has 0 aliphatic rings. The zero-order valence-electron chi connectivity index (χ0n) is 18.2. The van der Waals surface area contributed by atoms with Crippen LogP contribution in [0.3, 0.4) is 0 Å². The number of hydrogen-bond acceptors (Lipinski definition) is 9. The van der Waals surface area contributed by atoms with E-state index in [9.17, 15) is 28.6 Å². The van der Waals surface area contributed by atoms with Crippen LogP contribution in [0.15, 0.2) is 82.8 Å². The predicted octanol–water partition coefficient (Wildman–Crippen LogP) is 4.42. The third kappa shape index (κ3) is 6.39. The van der Waals surface area contributed by atoms with Crippen LogP contribution in [0.4, 0.5) is 22.7 Å². The first-order valence-corrected chi connectivity index (χ1v) is 11.3. The Labute approximate surface area is 199 Å². The summed E-state index contributed by atoms with van der Waals surface area (Å²) in [4.78, 5) is 20.6. The Hall–Kier alpha value is -4.78. The summed E-state index contributed by atoms with van der Waals surface area (Å²) in [6.45, 7) is 0. The highest BCUT2D eigenvalue weighted by molar-refractivity contribution is 7.92.